The molecule has 0 amide bonds. The molecule has 5 nitrogen and oxygen atoms in total. The predicted octanol–water partition coefficient (Wildman–Crippen LogP) is 2.83. The third-order valence-electron chi connectivity index (χ3n) is 4.58. The van der Waals surface area contributed by atoms with Crippen molar-refractivity contribution in [2.24, 2.45) is 0 Å². The monoisotopic (exact) mass is 337 g/mol. The molecule has 3 aromatic rings. The summed E-state index contributed by atoms with van der Waals surface area (Å²) in [7, 11) is 2.14. The third-order valence-corrected chi connectivity index (χ3v) is 4.58. The number of anilines is 1. The first-order chi connectivity index (χ1) is 12.2. The molecule has 0 saturated carbocycles. The fourth-order valence-corrected chi connectivity index (χ4v) is 3.08. The summed E-state index contributed by atoms with van der Waals surface area (Å²) in [5.74, 6) is 0.716. The van der Waals surface area contributed by atoms with E-state index < -0.39 is 0 Å². The second-order valence-electron chi connectivity index (χ2n) is 6.31. The molecule has 0 bridgehead atoms. The Balaban J connectivity index is 1.76. The van der Waals surface area contributed by atoms with Crippen LogP contribution in [0.3, 0.4) is 0 Å². The molecule has 25 heavy (non-hydrogen) atoms. The zero-order valence-electron chi connectivity index (χ0n) is 14.1. The highest BCUT2D eigenvalue weighted by Crippen LogP contribution is 2.31. The lowest BCUT2D eigenvalue weighted by molar-refractivity contribution is 0.312. The Hall–Kier alpha value is -2.73. The van der Waals surface area contributed by atoms with Crippen LogP contribution in [0.25, 0.3) is 16.8 Å². The van der Waals surface area contributed by atoms with E-state index in [2.05, 4.69) is 21.8 Å². The van der Waals surface area contributed by atoms with Crippen molar-refractivity contribution >= 4 is 5.82 Å². The lowest BCUT2D eigenvalue weighted by Gasteiger charge is -2.33. The maximum Gasteiger partial charge on any atom is 0.159 e. The van der Waals surface area contributed by atoms with Crippen LogP contribution in [0.1, 0.15) is 0 Å². The zero-order valence-corrected chi connectivity index (χ0v) is 14.1. The van der Waals surface area contributed by atoms with Crippen molar-refractivity contribution in [1.82, 2.24) is 19.7 Å². The van der Waals surface area contributed by atoms with Crippen LogP contribution >= 0.6 is 0 Å². The summed E-state index contributed by atoms with van der Waals surface area (Å²) in [5, 5.41) is 4.82. The number of piperazine rings is 1. The van der Waals surface area contributed by atoms with Crippen molar-refractivity contribution in [3.05, 3.63) is 60.8 Å². The van der Waals surface area contributed by atoms with Crippen molar-refractivity contribution in [3.8, 4) is 16.8 Å². The molecule has 0 N–H and O–H groups in total. The van der Waals surface area contributed by atoms with E-state index in [1.807, 2.05) is 23.0 Å². The second kappa shape index (κ2) is 6.64. The summed E-state index contributed by atoms with van der Waals surface area (Å²) in [6.07, 6.45) is 5.59. The quantitative estimate of drug-likeness (QED) is 0.736. The fourth-order valence-electron chi connectivity index (χ4n) is 3.08. The SMILES string of the molecule is CN1CCN(c2nn(-c3ccc(F)cc3)cc2-c2ccncc2)CC1. The van der Waals surface area contributed by atoms with E-state index in [9.17, 15) is 4.39 Å². The number of likely N-dealkylation sites (N-methyl/N-ethyl adjacent to an activating group) is 1. The summed E-state index contributed by atoms with van der Waals surface area (Å²) < 4.78 is 15.1. The van der Waals surface area contributed by atoms with E-state index >= 15 is 0 Å². The van der Waals surface area contributed by atoms with E-state index in [0.29, 0.717) is 0 Å². The topological polar surface area (TPSA) is 37.2 Å². The first-order valence-corrected chi connectivity index (χ1v) is 8.40. The predicted molar refractivity (Wildman–Crippen MR) is 96.5 cm³/mol. The molecule has 4 rings (SSSR count). The molecule has 1 aliphatic rings. The number of aromatic nitrogens is 3. The number of rotatable bonds is 3. The summed E-state index contributed by atoms with van der Waals surface area (Å²) >= 11 is 0. The van der Waals surface area contributed by atoms with E-state index in [1.54, 1.807) is 24.5 Å². The maximum absolute atomic E-state index is 13.2. The molecule has 0 spiro atoms. The van der Waals surface area contributed by atoms with Crippen LogP contribution in [0.4, 0.5) is 10.2 Å². The Morgan fingerprint density at radius 1 is 0.920 bits per heavy atom. The van der Waals surface area contributed by atoms with Crippen molar-refractivity contribution in [2.45, 2.75) is 0 Å². The summed E-state index contributed by atoms with van der Waals surface area (Å²) in [4.78, 5) is 8.74. The van der Waals surface area contributed by atoms with Crippen molar-refractivity contribution in [3.63, 3.8) is 0 Å². The van der Waals surface area contributed by atoms with Gasteiger partial charge in [-0.2, -0.15) is 0 Å². The zero-order chi connectivity index (χ0) is 17.2. The Bertz CT molecular complexity index is 836. The molecule has 1 fully saturated rings. The van der Waals surface area contributed by atoms with Crippen LogP contribution in [-0.2, 0) is 0 Å². The van der Waals surface area contributed by atoms with E-state index in [4.69, 9.17) is 5.10 Å². The van der Waals surface area contributed by atoms with Gasteiger partial charge >= 0.3 is 0 Å². The minimum absolute atomic E-state index is 0.246. The van der Waals surface area contributed by atoms with E-state index in [-0.39, 0.29) is 5.82 Å². The van der Waals surface area contributed by atoms with Gasteiger partial charge in [0.25, 0.3) is 0 Å². The maximum atomic E-state index is 13.2. The average Bonchev–Trinajstić information content (AvgIpc) is 3.09. The summed E-state index contributed by atoms with van der Waals surface area (Å²) in [5.41, 5.74) is 2.99. The average molecular weight is 337 g/mol. The number of benzene rings is 1. The van der Waals surface area contributed by atoms with Crippen molar-refractivity contribution in [2.75, 3.05) is 38.1 Å². The van der Waals surface area contributed by atoms with Gasteiger partial charge in [-0.15, -0.1) is 5.10 Å². The van der Waals surface area contributed by atoms with Crippen molar-refractivity contribution < 1.29 is 4.39 Å². The smallest absolute Gasteiger partial charge is 0.159 e. The molecule has 0 radical (unpaired) electrons. The number of hydrogen-bond acceptors (Lipinski definition) is 4. The first kappa shape index (κ1) is 15.8. The number of hydrogen-bond donors (Lipinski definition) is 0. The van der Waals surface area contributed by atoms with Crippen LogP contribution in [0.2, 0.25) is 0 Å². The molecule has 3 heterocycles. The second-order valence-corrected chi connectivity index (χ2v) is 6.31. The molecule has 0 aliphatic carbocycles. The third kappa shape index (κ3) is 3.25. The van der Waals surface area contributed by atoms with Gasteiger partial charge < -0.3 is 9.80 Å². The molecule has 0 atom stereocenters. The highest BCUT2D eigenvalue weighted by atomic mass is 19.1. The Labute approximate surface area is 146 Å². The largest absolute Gasteiger partial charge is 0.352 e. The highest BCUT2D eigenvalue weighted by Gasteiger charge is 2.21. The van der Waals surface area contributed by atoms with Crippen LogP contribution in [0.5, 0.6) is 0 Å². The first-order valence-electron chi connectivity index (χ1n) is 8.40. The van der Waals surface area contributed by atoms with Crippen LogP contribution in [0.15, 0.2) is 55.0 Å². The number of pyridine rings is 1. The van der Waals surface area contributed by atoms with Gasteiger partial charge in [0.15, 0.2) is 5.82 Å². The van der Waals surface area contributed by atoms with Gasteiger partial charge in [0, 0.05) is 50.3 Å². The lowest BCUT2D eigenvalue weighted by atomic mass is 10.1. The molecule has 2 aromatic heterocycles. The minimum Gasteiger partial charge on any atom is -0.352 e. The van der Waals surface area contributed by atoms with E-state index in [0.717, 1.165) is 48.8 Å². The van der Waals surface area contributed by atoms with Crippen LogP contribution in [0, 0.1) is 5.82 Å². The van der Waals surface area contributed by atoms with Gasteiger partial charge in [0.1, 0.15) is 5.82 Å². The Morgan fingerprint density at radius 2 is 1.60 bits per heavy atom. The standard InChI is InChI=1S/C19H20FN5/c1-23-10-12-24(13-11-23)19-18(15-6-8-21-9-7-15)14-25(22-19)17-4-2-16(20)3-5-17/h2-9,14H,10-13H2,1H3. The molecule has 128 valence electrons. The normalized spacial score (nSPS) is 15.5. The molecule has 0 unspecified atom stereocenters. The van der Waals surface area contributed by atoms with Crippen molar-refractivity contribution in [1.29, 1.82) is 0 Å². The van der Waals surface area contributed by atoms with Gasteiger partial charge in [-0.05, 0) is 49.0 Å². The van der Waals surface area contributed by atoms with Crippen LogP contribution in [-0.4, -0.2) is 52.9 Å². The Morgan fingerprint density at radius 3 is 2.28 bits per heavy atom. The minimum atomic E-state index is -0.246. The van der Waals surface area contributed by atoms with Gasteiger partial charge in [-0.3, -0.25) is 4.98 Å². The molecular weight excluding hydrogens is 317 g/mol. The lowest BCUT2D eigenvalue weighted by Crippen LogP contribution is -2.44. The van der Waals surface area contributed by atoms with Gasteiger partial charge in [-0.25, -0.2) is 9.07 Å². The van der Waals surface area contributed by atoms with Crippen LogP contribution < -0.4 is 4.90 Å². The summed E-state index contributed by atoms with van der Waals surface area (Å²) in [6, 6.07) is 10.4. The molecular formula is C19H20FN5. The highest BCUT2D eigenvalue weighted by molar-refractivity contribution is 5.75. The Kier molecular flexibility index (Phi) is 4.19. The molecule has 1 aliphatic heterocycles. The molecule has 6 heteroatoms. The molecule has 1 saturated heterocycles. The molecule has 1 aromatic carbocycles. The van der Waals surface area contributed by atoms with E-state index in [1.165, 1.54) is 12.1 Å². The number of halogens is 1. The number of nitrogens with zero attached hydrogens (tertiary/aromatic N) is 5. The fraction of sp³-hybridized carbons (Fsp3) is 0.263. The van der Waals surface area contributed by atoms with Gasteiger partial charge in [0.2, 0.25) is 0 Å². The van der Waals surface area contributed by atoms with Gasteiger partial charge in [-0.1, -0.05) is 0 Å². The summed E-state index contributed by atoms with van der Waals surface area (Å²) in [6.45, 7) is 3.91. The van der Waals surface area contributed by atoms with Gasteiger partial charge in [0.05, 0.1) is 5.69 Å².